The van der Waals surface area contributed by atoms with Crippen LogP contribution in [-0.4, -0.2) is 15.0 Å². The summed E-state index contributed by atoms with van der Waals surface area (Å²) in [5.41, 5.74) is 5.86. The number of nitrogens with two attached hydrogens (primary N) is 1. The fourth-order valence-corrected chi connectivity index (χ4v) is 3.35. The van der Waals surface area contributed by atoms with E-state index in [1.165, 1.54) is 31.0 Å². The van der Waals surface area contributed by atoms with Gasteiger partial charge in [-0.2, -0.15) is 0 Å². The van der Waals surface area contributed by atoms with Gasteiger partial charge in [0.2, 0.25) is 10.0 Å². The first-order valence-electron chi connectivity index (χ1n) is 5.95. The zero-order valence-electron chi connectivity index (χ0n) is 10.2. The molecule has 0 heterocycles. The summed E-state index contributed by atoms with van der Waals surface area (Å²) in [6.07, 6.45) is 2.40. The van der Waals surface area contributed by atoms with Crippen molar-refractivity contribution in [3.63, 3.8) is 0 Å². The van der Waals surface area contributed by atoms with Crippen molar-refractivity contribution in [1.29, 1.82) is 0 Å². The largest absolute Gasteiger partial charge is 0.398 e. The summed E-state index contributed by atoms with van der Waals surface area (Å²) < 4.78 is 26.8. The minimum Gasteiger partial charge on any atom is -0.398 e. The maximum Gasteiger partial charge on any atom is 0.242 e. The van der Waals surface area contributed by atoms with Crippen LogP contribution in [0.5, 0.6) is 0 Å². The lowest BCUT2D eigenvalue weighted by Crippen LogP contribution is -2.29. The van der Waals surface area contributed by atoms with Crippen molar-refractivity contribution < 1.29 is 8.42 Å². The maximum atomic E-state index is 12.1. The third-order valence-corrected chi connectivity index (χ3v) is 5.02. The molecule has 0 saturated heterocycles. The van der Waals surface area contributed by atoms with E-state index in [1.807, 2.05) is 0 Å². The predicted molar refractivity (Wildman–Crippen MR) is 72.9 cm³/mol. The monoisotopic (exact) mass is 288 g/mol. The van der Waals surface area contributed by atoms with E-state index in [0.717, 1.165) is 0 Å². The summed E-state index contributed by atoms with van der Waals surface area (Å²) in [6, 6.07) is 4.40. The highest BCUT2D eigenvalue weighted by molar-refractivity contribution is 7.89. The second-order valence-electron chi connectivity index (χ2n) is 4.85. The first kappa shape index (κ1) is 13.6. The molecule has 3 N–H and O–H groups in total. The van der Waals surface area contributed by atoms with Crippen LogP contribution in [0.4, 0.5) is 5.69 Å². The minimum atomic E-state index is -3.54. The number of sulfonamides is 1. The first-order valence-corrected chi connectivity index (χ1v) is 7.81. The van der Waals surface area contributed by atoms with Gasteiger partial charge in [-0.05, 0) is 42.9 Å². The molecule has 18 heavy (non-hydrogen) atoms. The number of nitrogen functional groups attached to an aromatic ring is 1. The molecule has 0 spiro atoms. The summed E-state index contributed by atoms with van der Waals surface area (Å²) in [5.74, 6) is 1.03. The Hall–Kier alpha value is -0.780. The minimum absolute atomic E-state index is 0.0925. The summed E-state index contributed by atoms with van der Waals surface area (Å²) in [6.45, 7) is 2.51. The van der Waals surface area contributed by atoms with E-state index in [4.69, 9.17) is 17.3 Å². The van der Waals surface area contributed by atoms with Gasteiger partial charge in [-0.3, -0.25) is 0 Å². The van der Waals surface area contributed by atoms with Crippen molar-refractivity contribution in [2.75, 3.05) is 12.3 Å². The number of benzene rings is 1. The topological polar surface area (TPSA) is 72.2 Å². The van der Waals surface area contributed by atoms with Crippen LogP contribution in [0.25, 0.3) is 0 Å². The van der Waals surface area contributed by atoms with Gasteiger partial charge in [0.15, 0.2) is 0 Å². The molecule has 1 atom stereocenters. The van der Waals surface area contributed by atoms with Crippen LogP contribution in [0.1, 0.15) is 19.8 Å². The predicted octanol–water partition coefficient (Wildman–Crippen LogP) is 2.25. The third-order valence-electron chi connectivity index (χ3n) is 3.28. The second kappa shape index (κ2) is 5.07. The fraction of sp³-hybridized carbons (Fsp3) is 0.500. The Morgan fingerprint density at radius 3 is 2.72 bits per heavy atom. The average Bonchev–Trinajstić information content (AvgIpc) is 3.09. The van der Waals surface area contributed by atoms with Crippen LogP contribution in [-0.2, 0) is 10.0 Å². The van der Waals surface area contributed by atoms with E-state index in [9.17, 15) is 8.42 Å². The van der Waals surface area contributed by atoms with Gasteiger partial charge in [0.25, 0.3) is 0 Å². The number of anilines is 1. The molecule has 1 saturated carbocycles. The summed E-state index contributed by atoms with van der Waals surface area (Å²) in [7, 11) is -3.54. The number of hydrogen-bond acceptors (Lipinski definition) is 3. The van der Waals surface area contributed by atoms with Crippen LogP contribution in [0, 0.1) is 11.8 Å². The van der Waals surface area contributed by atoms with E-state index >= 15 is 0 Å². The van der Waals surface area contributed by atoms with Gasteiger partial charge < -0.3 is 5.73 Å². The van der Waals surface area contributed by atoms with Crippen LogP contribution in [0.2, 0.25) is 5.02 Å². The molecule has 2 rings (SSSR count). The Labute approximate surface area is 113 Å². The highest BCUT2D eigenvalue weighted by Crippen LogP contribution is 2.36. The molecule has 1 aliphatic rings. The smallest absolute Gasteiger partial charge is 0.242 e. The Morgan fingerprint density at radius 2 is 2.17 bits per heavy atom. The van der Waals surface area contributed by atoms with E-state index in [0.29, 0.717) is 23.4 Å². The molecule has 1 aromatic carbocycles. The van der Waals surface area contributed by atoms with E-state index < -0.39 is 10.0 Å². The molecule has 0 aromatic heterocycles. The van der Waals surface area contributed by atoms with Crippen LogP contribution in [0.15, 0.2) is 23.1 Å². The van der Waals surface area contributed by atoms with Crippen molar-refractivity contribution in [3.05, 3.63) is 23.2 Å². The molecule has 0 bridgehead atoms. The average molecular weight is 289 g/mol. The third kappa shape index (κ3) is 3.16. The lowest BCUT2D eigenvalue weighted by atomic mass is 10.1. The van der Waals surface area contributed by atoms with Crippen LogP contribution in [0.3, 0.4) is 0 Å². The maximum absolute atomic E-state index is 12.1. The Kier molecular flexibility index (Phi) is 3.84. The van der Waals surface area contributed by atoms with Gasteiger partial charge in [-0.25, -0.2) is 13.1 Å². The molecule has 6 heteroatoms. The summed E-state index contributed by atoms with van der Waals surface area (Å²) >= 11 is 5.75. The number of halogens is 1. The van der Waals surface area contributed by atoms with Crippen molar-refractivity contribution >= 4 is 27.3 Å². The van der Waals surface area contributed by atoms with Gasteiger partial charge >= 0.3 is 0 Å². The molecule has 1 aliphatic carbocycles. The molecule has 1 unspecified atom stereocenters. The van der Waals surface area contributed by atoms with Crippen molar-refractivity contribution in [2.24, 2.45) is 11.8 Å². The SMILES string of the molecule is CC(CNS(=O)(=O)c1ccc(Cl)cc1N)C1CC1. The van der Waals surface area contributed by atoms with Gasteiger partial charge in [0.05, 0.1) is 5.69 Å². The Morgan fingerprint density at radius 1 is 1.50 bits per heavy atom. The van der Waals surface area contributed by atoms with E-state index in [2.05, 4.69) is 11.6 Å². The molecule has 100 valence electrons. The van der Waals surface area contributed by atoms with E-state index in [1.54, 1.807) is 0 Å². The zero-order valence-corrected chi connectivity index (χ0v) is 11.8. The number of nitrogens with one attached hydrogen (secondary N) is 1. The zero-order chi connectivity index (χ0) is 13.3. The molecule has 0 radical (unpaired) electrons. The van der Waals surface area contributed by atoms with Gasteiger partial charge in [0, 0.05) is 11.6 Å². The normalized spacial score (nSPS) is 17.7. The molecular formula is C12H17ClN2O2S. The van der Waals surface area contributed by atoms with Gasteiger partial charge in [-0.1, -0.05) is 18.5 Å². The fourth-order valence-electron chi connectivity index (χ4n) is 1.91. The molecule has 1 fully saturated rings. The summed E-state index contributed by atoms with van der Waals surface area (Å²) in [5, 5.41) is 0.429. The van der Waals surface area contributed by atoms with Crippen LogP contribution >= 0.6 is 11.6 Å². The highest BCUT2D eigenvalue weighted by atomic mass is 35.5. The number of hydrogen-bond donors (Lipinski definition) is 2. The molecule has 1 aromatic rings. The van der Waals surface area contributed by atoms with E-state index in [-0.39, 0.29) is 10.6 Å². The Balaban J connectivity index is 2.09. The highest BCUT2D eigenvalue weighted by Gasteiger charge is 2.29. The lowest BCUT2D eigenvalue weighted by Gasteiger charge is -2.13. The first-order chi connectivity index (χ1) is 8.40. The van der Waals surface area contributed by atoms with Crippen molar-refractivity contribution in [2.45, 2.75) is 24.7 Å². The van der Waals surface area contributed by atoms with Gasteiger partial charge in [0.1, 0.15) is 4.90 Å². The lowest BCUT2D eigenvalue weighted by molar-refractivity contribution is 0.492. The quantitative estimate of drug-likeness (QED) is 0.816. The van der Waals surface area contributed by atoms with Crippen molar-refractivity contribution in [1.82, 2.24) is 4.72 Å². The van der Waals surface area contributed by atoms with Gasteiger partial charge in [-0.15, -0.1) is 0 Å². The molecular weight excluding hydrogens is 272 g/mol. The second-order valence-corrected chi connectivity index (χ2v) is 7.02. The molecule has 0 amide bonds. The Bertz CT molecular complexity index is 541. The van der Waals surface area contributed by atoms with Crippen molar-refractivity contribution in [3.8, 4) is 0 Å². The standard InChI is InChI=1S/C12H17ClN2O2S/c1-8(9-2-3-9)7-15-18(16,17)12-5-4-10(13)6-11(12)14/h4-6,8-9,15H,2-3,7,14H2,1H3. The molecule has 4 nitrogen and oxygen atoms in total. The summed E-state index contributed by atoms with van der Waals surface area (Å²) in [4.78, 5) is 0.0925. The molecule has 0 aliphatic heterocycles. The van der Waals surface area contributed by atoms with Crippen LogP contribution < -0.4 is 10.5 Å². The number of rotatable bonds is 5.